The fraction of sp³-hybridized carbons (Fsp3) is 0.440. The number of halogens is 2. The average molecular weight is 517 g/mol. The Labute approximate surface area is 213 Å². The van der Waals surface area contributed by atoms with Crippen LogP contribution >= 0.6 is 0 Å². The molecule has 2 amide bonds. The number of amides is 2. The van der Waals surface area contributed by atoms with Crippen molar-refractivity contribution in [2.24, 2.45) is 0 Å². The van der Waals surface area contributed by atoms with E-state index in [1.54, 1.807) is 13.2 Å². The van der Waals surface area contributed by atoms with Gasteiger partial charge in [0.05, 0.1) is 33.1 Å². The van der Waals surface area contributed by atoms with Crippen LogP contribution in [0.3, 0.4) is 0 Å². The van der Waals surface area contributed by atoms with Crippen LogP contribution in [0, 0.1) is 11.6 Å². The number of β-amino-alcohol motifs (C(OH)–C–C–N with tert-alkyl or cyclic N) is 1. The van der Waals surface area contributed by atoms with Gasteiger partial charge in [0.25, 0.3) is 0 Å². The number of nitrogens with zero attached hydrogens (tertiary/aromatic N) is 5. The number of hydrogen-bond acceptors (Lipinski definition) is 7. The topological polar surface area (TPSA) is 97.4 Å². The second-order valence-corrected chi connectivity index (χ2v) is 9.22. The molecule has 1 aromatic carbocycles. The molecule has 0 unspecified atom stereocenters. The number of pyridine rings is 1. The Hall–Kier alpha value is -3.48. The third-order valence-electron chi connectivity index (χ3n) is 7.04. The van der Waals surface area contributed by atoms with E-state index in [-0.39, 0.29) is 24.7 Å². The van der Waals surface area contributed by atoms with Crippen molar-refractivity contribution in [1.29, 1.82) is 0 Å². The third-order valence-corrected chi connectivity index (χ3v) is 7.04. The zero-order chi connectivity index (χ0) is 26.3. The number of aromatic amines is 1. The fourth-order valence-electron chi connectivity index (χ4n) is 5.11. The van der Waals surface area contributed by atoms with E-state index in [0.717, 1.165) is 48.2 Å². The summed E-state index contributed by atoms with van der Waals surface area (Å²) in [5, 5.41) is 9.92. The lowest BCUT2D eigenvalue weighted by Crippen LogP contribution is -2.46. The fourth-order valence-corrected chi connectivity index (χ4v) is 5.11. The largest absolute Gasteiger partial charge is 0.493 e. The van der Waals surface area contributed by atoms with E-state index in [9.17, 15) is 4.79 Å². The molecule has 5 rings (SSSR count). The van der Waals surface area contributed by atoms with Crippen molar-refractivity contribution in [3.63, 3.8) is 0 Å². The van der Waals surface area contributed by atoms with Gasteiger partial charge in [0.2, 0.25) is 0 Å². The van der Waals surface area contributed by atoms with Crippen molar-refractivity contribution in [1.82, 2.24) is 19.8 Å². The smallest absolute Gasteiger partial charge is 0.329 e. The van der Waals surface area contributed by atoms with Crippen molar-refractivity contribution in [3.8, 4) is 11.5 Å². The summed E-state index contributed by atoms with van der Waals surface area (Å²) in [6, 6.07) is 2.51. The predicted molar refractivity (Wildman–Crippen MR) is 134 cm³/mol. The number of aromatic nitrogens is 2. The summed E-state index contributed by atoms with van der Waals surface area (Å²) in [7, 11) is 4.10. The highest BCUT2D eigenvalue weighted by atomic mass is 19.1. The molecule has 1 saturated heterocycles. The van der Waals surface area contributed by atoms with Gasteiger partial charge in [-0.25, -0.2) is 18.6 Å². The number of ether oxygens (including phenoxy) is 2. The van der Waals surface area contributed by atoms with Crippen molar-refractivity contribution in [2.45, 2.75) is 13.1 Å². The van der Waals surface area contributed by atoms with Crippen molar-refractivity contribution < 1.29 is 28.2 Å². The quantitative estimate of drug-likeness (QED) is 0.498. The first kappa shape index (κ1) is 25.2. The number of rotatable bonds is 7. The first-order valence-electron chi connectivity index (χ1n) is 12.1. The molecule has 1 fully saturated rings. The highest BCUT2D eigenvalue weighted by molar-refractivity contribution is 6.11. The van der Waals surface area contributed by atoms with Gasteiger partial charge in [-0.05, 0) is 6.07 Å². The number of nitrogens with one attached hydrogen (secondary N) is 1. The molecule has 2 aliphatic heterocycles. The zero-order valence-corrected chi connectivity index (χ0v) is 21.1. The molecule has 2 aliphatic rings. The van der Waals surface area contributed by atoms with Crippen LogP contribution in [0.2, 0.25) is 0 Å². The molecule has 198 valence electrons. The Bertz CT molecular complexity index is 1300. The number of carbonyl (C=O) groups excluding carboxylic acids is 1. The van der Waals surface area contributed by atoms with Crippen LogP contribution in [0.15, 0.2) is 18.3 Å². The predicted octanol–water partition coefficient (Wildman–Crippen LogP) is 2.54. The maximum Gasteiger partial charge on any atom is 0.329 e. The van der Waals surface area contributed by atoms with E-state index < -0.39 is 23.4 Å². The van der Waals surface area contributed by atoms with Gasteiger partial charge in [-0.15, -0.1) is 0 Å². The summed E-state index contributed by atoms with van der Waals surface area (Å²) in [6.45, 7) is 5.02. The second kappa shape index (κ2) is 10.1. The van der Waals surface area contributed by atoms with Gasteiger partial charge in [0, 0.05) is 75.2 Å². The highest BCUT2D eigenvalue weighted by Gasteiger charge is 2.36. The number of anilines is 2. The van der Waals surface area contributed by atoms with Gasteiger partial charge in [-0.1, -0.05) is 0 Å². The normalized spacial score (nSPS) is 17.0. The monoisotopic (exact) mass is 516 g/mol. The number of urea groups is 1. The number of aliphatic hydroxyl groups excluding tert-OH is 1. The third kappa shape index (κ3) is 4.45. The van der Waals surface area contributed by atoms with Crippen LogP contribution in [0.1, 0.15) is 11.3 Å². The minimum absolute atomic E-state index is 0.0705. The Morgan fingerprint density at radius 2 is 1.68 bits per heavy atom. The first-order chi connectivity index (χ1) is 17.9. The van der Waals surface area contributed by atoms with Gasteiger partial charge < -0.3 is 19.6 Å². The number of piperazine rings is 1. The van der Waals surface area contributed by atoms with Gasteiger partial charge in [0.1, 0.15) is 11.3 Å². The standard InChI is InChI=1S/C25H30F2N6O4/c1-30-22-15(13-33(25(30)35)23-20(26)18(36-2)11-19(37-3)21(23)27)12-28-24-17(22)10-16(29-24)14-32-6-4-31(5-7-32)8-9-34/h10-12,34H,4-9,13-14H2,1-3H3,(H,28,29). The van der Waals surface area contributed by atoms with Gasteiger partial charge in [0.15, 0.2) is 23.1 Å². The van der Waals surface area contributed by atoms with E-state index >= 15 is 8.78 Å². The Morgan fingerprint density at radius 3 is 2.30 bits per heavy atom. The summed E-state index contributed by atoms with van der Waals surface area (Å²) >= 11 is 0. The number of benzene rings is 1. The molecule has 4 heterocycles. The van der Waals surface area contributed by atoms with E-state index in [2.05, 4.69) is 19.8 Å². The molecule has 3 aromatic rings. The lowest BCUT2D eigenvalue weighted by molar-refractivity contribution is 0.108. The van der Waals surface area contributed by atoms with Crippen molar-refractivity contribution in [3.05, 3.63) is 41.2 Å². The van der Waals surface area contributed by atoms with Crippen LogP contribution in [0.4, 0.5) is 25.0 Å². The highest BCUT2D eigenvalue weighted by Crippen LogP contribution is 2.42. The number of aliphatic hydroxyl groups is 1. The van der Waals surface area contributed by atoms with E-state index in [4.69, 9.17) is 14.6 Å². The Kier molecular flexibility index (Phi) is 6.88. The number of H-pyrrole nitrogens is 1. The molecule has 10 nitrogen and oxygen atoms in total. The molecule has 0 radical (unpaired) electrons. The Balaban J connectivity index is 1.45. The van der Waals surface area contributed by atoms with E-state index in [0.29, 0.717) is 30.0 Å². The zero-order valence-electron chi connectivity index (χ0n) is 21.1. The van der Waals surface area contributed by atoms with Crippen LogP contribution in [-0.2, 0) is 13.1 Å². The maximum absolute atomic E-state index is 15.2. The number of fused-ring (bicyclic) bond motifs is 3. The Morgan fingerprint density at radius 1 is 1.03 bits per heavy atom. The molecule has 2 N–H and O–H groups in total. The number of carbonyl (C=O) groups is 1. The molecule has 0 atom stereocenters. The summed E-state index contributed by atoms with van der Waals surface area (Å²) in [5.74, 6) is -2.42. The number of methoxy groups -OCH3 is 2. The van der Waals surface area contributed by atoms with E-state index in [1.165, 1.54) is 19.1 Å². The summed E-state index contributed by atoms with van der Waals surface area (Å²) in [6.07, 6.45) is 1.62. The molecule has 0 aliphatic carbocycles. The van der Waals surface area contributed by atoms with Crippen LogP contribution < -0.4 is 19.3 Å². The van der Waals surface area contributed by atoms with Crippen LogP contribution in [0.25, 0.3) is 11.0 Å². The first-order valence-corrected chi connectivity index (χ1v) is 12.1. The second-order valence-electron chi connectivity index (χ2n) is 9.22. The summed E-state index contributed by atoms with van der Waals surface area (Å²) < 4.78 is 40.4. The molecule has 37 heavy (non-hydrogen) atoms. The molecule has 0 bridgehead atoms. The summed E-state index contributed by atoms with van der Waals surface area (Å²) in [5.41, 5.74) is 2.37. The molecule has 12 heteroatoms. The van der Waals surface area contributed by atoms with Gasteiger partial charge in [-0.2, -0.15) is 0 Å². The van der Waals surface area contributed by atoms with Crippen LogP contribution in [0.5, 0.6) is 11.5 Å². The minimum atomic E-state index is -0.983. The lowest BCUT2D eigenvalue weighted by Gasteiger charge is -2.35. The minimum Gasteiger partial charge on any atom is -0.493 e. The molecular weight excluding hydrogens is 486 g/mol. The molecule has 0 saturated carbocycles. The molecular formula is C25H30F2N6O4. The SMILES string of the molecule is COc1cc(OC)c(F)c(N2Cc3cnc4[nH]c(CN5CCN(CCO)CC5)cc4c3N(C)C2=O)c1F. The van der Waals surface area contributed by atoms with Crippen molar-refractivity contribution >= 4 is 28.4 Å². The average Bonchev–Trinajstić information content (AvgIpc) is 3.30. The number of hydrogen-bond donors (Lipinski definition) is 2. The van der Waals surface area contributed by atoms with Crippen LogP contribution in [-0.4, -0.2) is 91.5 Å². The van der Waals surface area contributed by atoms with Gasteiger partial charge >= 0.3 is 6.03 Å². The van der Waals surface area contributed by atoms with E-state index in [1.807, 2.05) is 6.07 Å². The molecule has 0 spiro atoms. The maximum atomic E-state index is 15.2. The lowest BCUT2D eigenvalue weighted by atomic mass is 10.1. The summed E-state index contributed by atoms with van der Waals surface area (Å²) in [4.78, 5) is 28.3. The van der Waals surface area contributed by atoms with Gasteiger partial charge in [-0.3, -0.25) is 19.6 Å². The van der Waals surface area contributed by atoms with Crippen molar-refractivity contribution in [2.75, 3.05) is 70.4 Å². The molecule has 2 aromatic heterocycles.